The maximum atomic E-state index is 12.0. The number of aryl methyl sites for hydroxylation is 2. The molecule has 0 spiro atoms. The van der Waals surface area contributed by atoms with E-state index in [1.807, 2.05) is 32.0 Å². The highest BCUT2D eigenvalue weighted by molar-refractivity contribution is 5.42. The molecule has 0 fully saturated rings. The van der Waals surface area contributed by atoms with E-state index < -0.39 is 0 Å². The lowest BCUT2D eigenvalue weighted by molar-refractivity contribution is 0.726. The highest BCUT2D eigenvalue weighted by atomic mass is 16.2. The van der Waals surface area contributed by atoms with Crippen molar-refractivity contribution in [3.8, 4) is 5.69 Å². The molecule has 0 N–H and O–H groups in total. The Morgan fingerprint density at radius 2 is 1.76 bits per heavy atom. The monoisotopic (exact) mass is 230 g/mol. The van der Waals surface area contributed by atoms with Gasteiger partial charge in [-0.15, -0.1) is 0 Å². The number of nitrogens with zero attached hydrogens (tertiary/aromatic N) is 2. The van der Waals surface area contributed by atoms with Crippen LogP contribution in [0.25, 0.3) is 5.69 Å². The summed E-state index contributed by atoms with van der Waals surface area (Å²) in [5, 5.41) is 0. The third-order valence-corrected chi connectivity index (χ3v) is 2.81. The van der Waals surface area contributed by atoms with Crippen LogP contribution in [-0.2, 0) is 7.05 Å². The largest absolute Gasteiger partial charge is 0.335 e. The summed E-state index contributed by atoms with van der Waals surface area (Å²) in [7, 11) is 1.48. The molecule has 0 aliphatic rings. The molecule has 1 aromatic heterocycles. The van der Waals surface area contributed by atoms with Gasteiger partial charge in [-0.1, -0.05) is 12.1 Å². The van der Waals surface area contributed by atoms with Crippen LogP contribution in [0.4, 0.5) is 0 Å². The van der Waals surface area contributed by atoms with Gasteiger partial charge in [0.1, 0.15) is 0 Å². The highest BCUT2D eigenvalue weighted by Crippen LogP contribution is 2.13. The zero-order chi connectivity index (χ0) is 12.6. The van der Waals surface area contributed by atoms with E-state index in [0.29, 0.717) is 0 Å². The first-order valence-electron chi connectivity index (χ1n) is 5.37. The summed E-state index contributed by atoms with van der Waals surface area (Å²) in [6.07, 6.45) is 1.52. The van der Waals surface area contributed by atoms with E-state index in [4.69, 9.17) is 0 Å². The molecule has 0 atom stereocenters. The lowest BCUT2D eigenvalue weighted by atomic mass is 10.1. The fourth-order valence-corrected chi connectivity index (χ4v) is 1.73. The Balaban J connectivity index is 2.78. The van der Waals surface area contributed by atoms with E-state index in [9.17, 15) is 9.59 Å². The number of hydrogen-bond acceptors (Lipinski definition) is 2. The molecular formula is C13H14N2O2. The molecule has 1 aromatic carbocycles. The molecule has 1 heterocycles. The molecule has 0 radical (unpaired) electrons. The van der Waals surface area contributed by atoms with Crippen LogP contribution in [0, 0.1) is 13.8 Å². The highest BCUT2D eigenvalue weighted by Gasteiger charge is 2.06. The van der Waals surface area contributed by atoms with Crippen LogP contribution in [0.15, 0.2) is 40.1 Å². The minimum absolute atomic E-state index is 0.295. The van der Waals surface area contributed by atoms with Gasteiger partial charge in [0.15, 0.2) is 0 Å². The average molecular weight is 230 g/mol. The summed E-state index contributed by atoms with van der Waals surface area (Å²) in [6, 6.07) is 7.28. The van der Waals surface area contributed by atoms with Crippen molar-refractivity contribution in [3.05, 3.63) is 62.4 Å². The molecule has 0 aliphatic heterocycles. The van der Waals surface area contributed by atoms with Crippen LogP contribution in [0.1, 0.15) is 11.1 Å². The summed E-state index contributed by atoms with van der Waals surface area (Å²) in [6.45, 7) is 3.91. The van der Waals surface area contributed by atoms with Crippen molar-refractivity contribution < 1.29 is 0 Å². The molecule has 88 valence electrons. The number of hydrogen-bond donors (Lipinski definition) is 0. The smallest absolute Gasteiger partial charge is 0.269 e. The van der Waals surface area contributed by atoms with Crippen molar-refractivity contribution in [2.75, 3.05) is 0 Å². The third kappa shape index (κ3) is 1.93. The predicted molar refractivity (Wildman–Crippen MR) is 66.8 cm³/mol. The Morgan fingerprint density at radius 1 is 1.06 bits per heavy atom. The molecule has 0 saturated heterocycles. The quantitative estimate of drug-likeness (QED) is 0.737. The van der Waals surface area contributed by atoms with Crippen molar-refractivity contribution >= 4 is 0 Å². The minimum atomic E-state index is -0.328. The fraction of sp³-hybridized carbons (Fsp3) is 0.231. The Hall–Kier alpha value is -2.10. The van der Waals surface area contributed by atoms with E-state index in [0.717, 1.165) is 21.4 Å². The number of benzene rings is 1. The molecule has 0 amide bonds. The van der Waals surface area contributed by atoms with Gasteiger partial charge in [0, 0.05) is 19.3 Å². The lowest BCUT2D eigenvalue weighted by Gasteiger charge is -2.10. The van der Waals surface area contributed by atoms with Crippen molar-refractivity contribution in [3.63, 3.8) is 0 Å². The molecule has 2 rings (SSSR count). The normalized spacial score (nSPS) is 10.5. The summed E-state index contributed by atoms with van der Waals surface area (Å²) in [4.78, 5) is 23.3. The van der Waals surface area contributed by atoms with Gasteiger partial charge in [0.25, 0.3) is 5.56 Å². The average Bonchev–Trinajstić information content (AvgIpc) is 2.30. The number of aromatic nitrogens is 2. The molecule has 0 saturated carbocycles. The SMILES string of the molecule is Cc1ccc(C)c(-n2ccc(=O)n(C)c2=O)c1. The molecule has 4 heteroatoms. The Bertz CT molecular complexity index is 681. The molecule has 0 aliphatic carbocycles. The zero-order valence-corrected chi connectivity index (χ0v) is 10.1. The van der Waals surface area contributed by atoms with Crippen molar-refractivity contribution in [1.29, 1.82) is 0 Å². The molecular weight excluding hydrogens is 216 g/mol. The van der Waals surface area contributed by atoms with Gasteiger partial charge in [-0.05, 0) is 31.0 Å². The van der Waals surface area contributed by atoms with Gasteiger partial charge >= 0.3 is 5.69 Å². The second-order valence-electron chi connectivity index (χ2n) is 4.16. The van der Waals surface area contributed by atoms with Gasteiger partial charge in [-0.3, -0.25) is 13.9 Å². The fourth-order valence-electron chi connectivity index (χ4n) is 1.73. The minimum Gasteiger partial charge on any atom is -0.269 e. The Morgan fingerprint density at radius 3 is 2.47 bits per heavy atom. The van der Waals surface area contributed by atoms with Crippen molar-refractivity contribution in [2.24, 2.45) is 7.05 Å². The topological polar surface area (TPSA) is 44.0 Å². The van der Waals surface area contributed by atoms with E-state index in [1.165, 1.54) is 23.9 Å². The standard InChI is InChI=1S/C13H14N2O2/c1-9-4-5-10(2)11(8-9)15-7-6-12(16)14(3)13(15)17/h4-8H,1-3H3. The van der Waals surface area contributed by atoms with Gasteiger partial charge < -0.3 is 0 Å². The van der Waals surface area contributed by atoms with E-state index in [-0.39, 0.29) is 11.2 Å². The van der Waals surface area contributed by atoms with Crippen LogP contribution >= 0.6 is 0 Å². The van der Waals surface area contributed by atoms with E-state index in [1.54, 1.807) is 0 Å². The Labute approximate surface area is 98.8 Å². The second kappa shape index (κ2) is 4.05. The van der Waals surface area contributed by atoms with E-state index >= 15 is 0 Å². The predicted octanol–water partition coefficient (Wildman–Crippen LogP) is 1.15. The van der Waals surface area contributed by atoms with Gasteiger partial charge in [0.05, 0.1) is 5.69 Å². The maximum Gasteiger partial charge on any atom is 0.335 e. The first-order chi connectivity index (χ1) is 8.00. The van der Waals surface area contributed by atoms with Crippen molar-refractivity contribution in [1.82, 2.24) is 9.13 Å². The summed E-state index contributed by atoms with van der Waals surface area (Å²) in [5.74, 6) is 0. The molecule has 0 bridgehead atoms. The molecule has 4 nitrogen and oxygen atoms in total. The zero-order valence-electron chi connectivity index (χ0n) is 10.1. The van der Waals surface area contributed by atoms with Crippen LogP contribution in [0.3, 0.4) is 0 Å². The number of rotatable bonds is 1. The lowest BCUT2D eigenvalue weighted by Crippen LogP contribution is -2.36. The summed E-state index contributed by atoms with van der Waals surface area (Å²) < 4.78 is 2.59. The maximum absolute atomic E-state index is 12.0. The first-order valence-corrected chi connectivity index (χ1v) is 5.37. The van der Waals surface area contributed by atoms with Crippen LogP contribution in [0.2, 0.25) is 0 Å². The molecule has 2 aromatic rings. The second-order valence-corrected chi connectivity index (χ2v) is 4.16. The Kier molecular flexibility index (Phi) is 2.71. The van der Waals surface area contributed by atoms with Crippen LogP contribution in [0.5, 0.6) is 0 Å². The van der Waals surface area contributed by atoms with Crippen LogP contribution < -0.4 is 11.2 Å². The molecule has 0 unspecified atom stereocenters. The van der Waals surface area contributed by atoms with Crippen LogP contribution in [-0.4, -0.2) is 9.13 Å². The van der Waals surface area contributed by atoms with E-state index in [2.05, 4.69) is 0 Å². The summed E-state index contributed by atoms with van der Waals surface area (Å²) >= 11 is 0. The first kappa shape index (κ1) is 11.4. The molecule has 17 heavy (non-hydrogen) atoms. The van der Waals surface area contributed by atoms with Crippen molar-refractivity contribution in [2.45, 2.75) is 13.8 Å². The third-order valence-electron chi connectivity index (χ3n) is 2.81. The van der Waals surface area contributed by atoms with Gasteiger partial charge in [-0.2, -0.15) is 0 Å². The van der Waals surface area contributed by atoms with Gasteiger partial charge in [-0.25, -0.2) is 4.79 Å². The van der Waals surface area contributed by atoms with Gasteiger partial charge in [0.2, 0.25) is 0 Å². The summed E-state index contributed by atoms with van der Waals surface area (Å²) in [5.41, 5.74) is 2.26.